The zero-order chi connectivity index (χ0) is 31.3. The maximum absolute atomic E-state index is 13.4. The third-order valence-corrected chi connectivity index (χ3v) is 8.05. The van der Waals surface area contributed by atoms with E-state index >= 15 is 0 Å². The van der Waals surface area contributed by atoms with E-state index in [-0.39, 0.29) is 68.9 Å². The minimum Gasteiger partial charge on any atom is -0.493 e. The van der Waals surface area contributed by atoms with Crippen molar-refractivity contribution in [3.8, 4) is 11.8 Å². The normalized spacial score (nSPS) is 19.2. The fourth-order valence-electron chi connectivity index (χ4n) is 5.77. The summed E-state index contributed by atoms with van der Waals surface area (Å²) in [4.78, 5) is 49.9. The number of amides is 1. The number of nitrogens with zero attached hydrogens (tertiary/aromatic N) is 6. The predicted octanol–water partition coefficient (Wildman–Crippen LogP) is 4.22. The molecule has 0 N–H and O–H groups in total. The van der Waals surface area contributed by atoms with Crippen molar-refractivity contribution < 1.29 is 28.7 Å². The van der Waals surface area contributed by atoms with E-state index < -0.39 is 34.1 Å². The number of para-hydroxylation sites is 1. The Hall–Kier alpha value is -4.96. The van der Waals surface area contributed by atoms with Crippen LogP contribution in [0.5, 0.6) is 5.75 Å². The van der Waals surface area contributed by atoms with Crippen LogP contribution in [0.1, 0.15) is 29.7 Å². The number of rotatable bonds is 8. The largest absolute Gasteiger partial charge is 0.493 e. The second kappa shape index (κ2) is 13.1. The number of benzene rings is 2. The highest BCUT2D eigenvalue weighted by molar-refractivity contribution is 6.28. The summed E-state index contributed by atoms with van der Waals surface area (Å²) in [5.41, 5.74) is -0.452. The maximum Gasteiger partial charge on any atom is 0.410 e. The fraction of sp³-hybridized carbons (Fsp3) is 0.367. The molecule has 2 aliphatic rings. The number of carbonyl (C=O) groups is 2. The van der Waals surface area contributed by atoms with Gasteiger partial charge in [0.25, 0.3) is 0 Å². The van der Waals surface area contributed by atoms with Gasteiger partial charge in [0, 0.05) is 38.0 Å². The van der Waals surface area contributed by atoms with E-state index in [0.717, 1.165) is 5.56 Å². The Kier molecular flexibility index (Phi) is 9.10. The molecule has 2 aromatic carbocycles. The number of carbonyl (C=O) groups excluding carboxylic acids is 2. The Bertz CT molecular complexity index is 1600. The van der Waals surface area contributed by atoms with Gasteiger partial charge in [0.05, 0.1) is 37.2 Å². The minimum absolute atomic E-state index is 0.0430. The molecule has 1 fully saturated rings. The van der Waals surface area contributed by atoms with Crippen LogP contribution in [0.3, 0.4) is 0 Å². The molecule has 1 unspecified atom stereocenters. The first-order valence-corrected chi connectivity index (χ1v) is 14.3. The first kappa shape index (κ1) is 30.5. The van der Waals surface area contributed by atoms with Gasteiger partial charge in [0.1, 0.15) is 23.5 Å². The molecule has 13 nitrogen and oxygen atoms in total. The summed E-state index contributed by atoms with van der Waals surface area (Å²) in [6.07, 6.45) is -0.640. The van der Waals surface area contributed by atoms with E-state index in [1.165, 1.54) is 12.0 Å². The number of nitriles is 1. The molecular weight excluding hydrogens is 592 g/mol. The van der Waals surface area contributed by atoms with Crippen LogP contribution in [0.15, 0.2) is 54.6 Å². The third kappa shape index (κ3) is 6.07. The molecule has 5 rings (SSSR count). The predicted molar refractivity (Wildman–Crippen MR) is 157 cm³/mol. The van der Waals surface area contributed by atoms with Gasteiger partial charge in [-0.2, -0.15) is 10.2 Å². The van der Waals surface area contributed by atoms with Gasteiger partial charge in [0.15, 0.2) is 0 Å². The molecule has 0 aliphatic carbocycles. The third-order valence-electron chi connectivity index (χ3n) is 7.88. The topological polar surface area (TPSA) is 161 Å². The molecule has 1 amide bonds. The van der Waals surface area contributed by atoms with Gasteiger partial charge < -0.3 is 24.0 Å². The number of fused-ring (bicyclic) bond motifs is 1. The van der Waals surface area contributed by atoms with Gasteiger partial charge in [-0.15, -0.1) is 0 Å². The number of methoxy groups -OCH3 is 1. The van der Waals surface area contributed by atoms with Gasteiger partial charge in [-0.3, -0.25) is 14.9 Å². The zero-order valence-corrected chi connectivity index (χ0v) is 24.6. The highest BCUT2D eigenvalue weighted by Gasteiger charge is 2.48. The van der Waals surface area contributed by atoms with Crippen LogP contribution in [0.4, 0.5) is 16.3 Å². The Labute approximate surface area is 258 Å². The SMILES string of the molecule is COC(=O)C1(Cc2nc(Cl)nc(N3CCN(C(=O)OCc4ccccc4)[C@@H](CC#N)C3)c2[N+](=O)[O-])CCOc2ccccc21. The molecule has 0 radical (unpaired) electrons. The second-order valence-corrected chi connectivity index (χ2v) is 10.7. The van der Waals surface area contributed by atoms with E-state index in [0.29, 0.717) is 11.3 Å². The lowest BCUT2D eigenvalue weighted by molar-refractivity contribution is -0.385. The molecular formula is C30H29ClN6O7. The number of ether oxygens (including phenoxy) is 3. The summed E-state index contributed by atoms with van der Waals surface area (Å²) in [5, 5.41) is 21.9. The molecule has 0 bridgehead atoms. The van der Waals surface area contributed by atoms with Crippen molar-refractivity contribution in [2.75, 3.05) is 38.3 Å². The van der Waals surface area contributed by atoms with Crippen molar-refractivity contribution in [3.05, 3.63) is 86.8 Å². The second-order valence-electron chi connectivity index (χ2n) is 10.4. The quantitative estimate of drug-likeness (QED) is 0.153. The number of nitro groups is 1. The van der Waals surface area contributed by atoms with Crippen LogP contribution < -0.4 is 9.64 Å². The van der Waals surface area contributed by atoms with Crippen LogP contribution >= 0.6 is 11.6 Å². The van der Waals surface area contributed by atoms with Crippen molar-refractivity contribution in [2.24, 2.45) is 0 Å². The van der Waals surface area contributed by atoms with E-state index in [4.69, 9.17) is 25.8 Å². The Balaban J connectivity index is 1.46. The van der Waals surface area contributed by atoms with Gasteiger partial charge in [-0.05, 0) is 23.2 Å². The first-order chi connectivity index (χ1) is 21.3. The molecule has 1 saturated heterocycles. The average Bonchev–Trinajstić information content (AvgIpc) is 3.03. The molecule has 3 aromatic rings. The molecule has 44 heavy (non-hydrogen) atoms. The average molecular weight is 621 g/mol. The molecule has 3 heterocycles. The summed E-state index contributed by atoms with van der Waals surface area (Å²) in [6, 6.07) is 17.6. The molecule has 14 heteroatoms. The first-order valence-electron chi connectivity index (χ1n) is 13.9. The highest BCUT2D eigenvalue weighted by Crippen LogP contribution is 2.44. The molecule has 2 aliphatic heterocycles. The Morgan fingerprint density at radius 3 is 2.66 bits per heavy atom. The number of halogens is 1. The summed E-state index contributed by atoms with van der Waals surface area (Å²) in [7, 11) is 1.26. The summed E-state index contributed by atoms with van der Waals surface area (Å²) < 4.78 is 16.4. The van der Waals surface area contributed by atoms with Crippen LogP contribution in [-0.4, -0.2) is 71.2 Å². The number of anilines is 1. The minimum atomic E-state index is -1.33. The molecule has 2 atom stereocenters. The van der Waals surface area contributed by atoms with E-state index in [2.05, 4.69) is 16.0 Å². The van der Waals surface area contributed by atoms with Gasteiger partial charge in [-0.25, -0.2) is 9.78 Å². The van der Waals surface area contributed by atoms with Crippen molar-refractivity contribution >= 4 is 35.2 Å². The van der Waals surface area contributed by atoms with Crippen LogP contribution in [0, 0.1) is 21.4 Å². The number of piperazine rings is 1. The Morgan fingerprint density at radius 1 is 1.18 bits per heavy atom. The lowest BCUT2D eigenvalue weighted by Crippen LogP contribution is -2.55. The van der Waals surface area contributed by atoms with E-state index in [1.807, 2.05) is 30.3 Å². The van der Waals surface area contributed by atoms with E-state index in [9.17, 15) is 25.0 Å². The number of hydrogen-bond acceptors (Lipinski definition) is 11. The monoisotopic (exact) mass is 620 g/mol. The summed E-state index contributed by atoms with van der Waals surface area (Å²) in [5.74, 6) is -0.178. The lowest BCUT2D eigenvalue weighted by Gasteiger charge is -2.40. The molecule has 228 valence electrons. The fourth-order valence-corrected chi connectivity index (χ4v) is 5.95. The van der Waals surface area contributed by atoms with Crippen molar-refractivity contribution in [1.82, 2.24) is 14.9 Å². The zero-order valence-electron chi connectivity index (χ0n) is 23.8. The van der Waals surface area contributed by atoms with Crippen molar-refractivity contribution in [1.29, 1.82) is 5.26 Å². The van der Waals surface area contributed by atoms with Crippen LogP contribution in [0.2, 0.25) is 5.28 Å². The lowest BCUT2D eigenvalue weighted by atomic mass is 9.72. The molecule has 0 spiro atoms. The highest BCUT2D eigenvalue weighted by atomic mass is 35.5. The van der Waals surface area contributed by atoms with Crippen molar-refractivity contribution in [2.45, 2.75) is 37.3 Å². The molecule has 0 saturated carbocycles. The number of aromatic nitrogens is 2. The van der Waals surface area contributed by atoms with Gasteiger partial charge >= 0.3 is 17.7 Å². The van der Waals surface area contributed by atoms with Crippen LogP contribution in [-0.2, 0) is 32.7 Å². The molecule has 1 aromatic heterocycles. The van der Waals surface area contributed by atoms with E-state index in [1.54, 1.807) is 29.2 Å². The number of esters is 1. The van der Waals surface area contributed by atoms with Gasteiger partial charge in [-0.1, -0.05) is 48.5 Å². The summed E-state index contributed by atoms with van der Waals surface area (Å²) >= 11 is 6.35. The van der Waals surface area contributed by atoms with Crippen LogP contribution in [0.25, 0.3) is 0 Å². The standard InChI is InChI=1S/C30H29ClN6O7/c1-42-27(38)30(12-16-43-24-10-6-5-9-22(24)30)17-23-25(37(40)41)26(34-28(31)33-23)35-14-15-36(21(18-35)11-13-32)29(39)44-19-20-7-3-2-4-8-20/h2-10,21H,11-12,14-19H2,1H3/t21-,30?/m0/s1. The Morgan fingerprint density at radius 2 is 1.93 bits per heavy atom. The maximum atomic E-state index is 13.4. The smallest absolute Gasteiger partial charge is 0.410 e. The number of hydrogen-bond donors (Lipinski definition) is 0. The van der Waals surface area contributed by atoms with Crippen molar-refractivity contribution in [3.63, 3.8) is 0 Å². The summed E-state index contributed by atoms with van der Waals surface area (Å²) in [6.45, 7) is 0.565. The van der Waals surface area contributed by atoms with Gasteiger partial charge in [0.2, 0.25) is 11.1 Å².